The van der Waals surface area contributed by atoms with Crippen molar-refractivity contribution in [2.24, 2.45) is 0 Å². The molecule has 3 nitrogen and oxygen atoms in total. The minimum atomic E-state index is -0.555. The molecule has 2 N–H and O–H groups in total. The van der Waals surface area contributed by atoms with E-state index in [0.717, 1.165) is 5.56 Å². The predicted octanol–water partition coefficient (Wildman–Crippen LogP) is 1.59. The van der Waals surface area contributed by atoms with E-state index in [1.165, 1.54) is 0 Å². The van der Waals surface area contributed by atoms with Gasteiger partial charge in [-0.25, -0.2) is 0 Å². The summed E-state index contributed by atoms with van der Waals surface area (Å²) in [5.74, 6) is 0. The minimum absolute atomic E-state index is 0.346. The van der Waals surface area contributed by atoms with Gasteiger partial charge >= 0.3 is 0 Å². The van der Waals surface area contributed by atoms with Gasteiger partial charge in [0, 0.05) is 12.6 Å². The Kier molecular flexibility index (Phi) is 4.29. The lowest BCUT2D eigenvalue weighted by atomic mass is 10.1. The van der Waals surface area contributed by atoms with Gasteiger partial charge in [0.2, 0.25) is 0 Å². The molecule has 0 fully saturated rings. The number of hydrogen-bond donors (Lipinski definition) is 2. The van der Waals surface area contributed by atoms with E-state index in [1.807, 2.05) is 19.9 Å². The van der Waals surface area contributed by atoms with Gasteiger partial charge < -0.3 is 10.4 Å². The molecule has 0 amide bonds. The van der Waals surface area contributed by atoms with Crippen LogP contribution in [0.25, 0.3) is 0 Å². The molecular formula is C12H16N2O. The average molecular weight is 204 g/mol. The standard InChI is InChI=1S/C12H16N2O/c1-9(2)14-8-12(15)11-5-3-4-10(6-11)7-13/h3-6,9,12,14-15H,8H2,1-2H3. The molecule has 0 aromatic heterocycles. The van der Waals surface area contributed by atoms with Gasteiger partial charge in [-0.2, -0.15) is 5.26 Å². The number of hydrogen-bond acceptors (Lipinski definition) is 3. The maximum Gasteiger partial charge on any atom is 0.0991 e. The first kappa shape index (κ1) is 11.7. The zero-order valence-electron chi connectivity index (χ0n) is 9.07. The van der Waals surface area contributed by atoms with Crippen molar-refractivity contribution in [2.45, 2.75) is 26.0 Å². The van der Waals surface area contributed by atoms with Crippen LogP contribution in [0.1, 0.15) is 31.1 Å². The van der Waals surface area contributed by atoms with E-state index < -0.39 is 6.10 Å². The normalized spacial score (nSPS) is 12.5. The molecule has 15 heavy (non-hydrogen) atoms. The fourth-order valence-corrected chi connectivity index (χ4v) is 1.28. The predicted molar refractivity (Wildman–Crippen MR) is 59.3 cm³/mol. The molecule has 3 heteroatoms. The largest absolute Gasteiger partial charge is 0.387 e. The molecule has 0 radical (unpaired) electrons. The lowest BCUT2D eigenvalue weighted by Gasteiger charge is -2.14. The van der Waals surface area contributed by atoms with Gasteiger partial charge in [0.05, 0.1) is 17.7 Å². The average Bonchev–Trinajstić information content (AvgIpc) is 2.26. The molecule has 1 atom stereocenters. The minimum Gasteiger partial charge on any atom is -0.387 e. The van der Waals surface area contributed by atoms with Crippen LogP contribution in [-0.4, -0.2) is 17.7 Å². The Labute approximate surface area is 90.4 Å². The van der Waals surface area contributed by atoms with Crippen LogP contribution in [-0.2, 0) is 0 Å². The van der Waals surface area contributed by atoms with Gasteiger partial charge in [-0.3, -0.25) is 0 Å². The first-order chi connectivity index (χ1) is 7.13. The van der Waals surface area contributed by atoms with Crippen molar-refractivity contribution in [2.75, 3.05) is 6.54 Å². The first-order valence-electron chi connectivity index (χ1n) is 5.05. The van der Waals surface area contributed by atoms with Crippen LogP contribution >= 0.6 is 0 Å². The van der Waals surface area contributed by atoms with Gasteiger partial charge in [0.25, 0.3) is 0 Å². The van der Waals surface area contributed by atoms with E-state index >= 15 is 0 Å². The van der Waals surface area contributed by atoms with E-state index in [-0.39, 0.29) is 0 Å². The summed E-state index contributed by atoms with van der Waals surface area (Å²) in [5.41, 5.74) is 1.36. The first-order valence-corrected chi connectivity index (χ1v) is 5.05. The van der Waals surface area contributed by atoms with E-state index in [9.17, 15) is 5.11 Å². The summed E-state index contributed by atoms with van der Waals surface area (Å²) in [6.45, 7) is 4.56. The molecule has 0 spiro atoms. The third-order valence-electron chi connectivity index (χ3n) is 2.12. The second-order valence-corrected chi connectivity index (χ2v) is 3.82. The summed E-state index contributed by atoms with van der Waals surface area (Å²) in [4.78, 5) is 0. The Morgan fingerprint density at radius 3 is 2.80 bits per heavy atom. The summed E-state index contributed by atoms with van der Waals surface area (Å²) in [5, 5.41) is 21.7. The Morgan fingerprint density at radius 1 is 1.47 bits per heavy atom. The second-order valence-electron chi connectivity index (χ2n) is 3.82. The van der Waals surface area contributed by atoms with Crippen LogP contribution in [0.3, 0.4) is 0 Å². The van der Waals surface area contributed by atoms with Crippen LogP contribution in [0.4, 0.5) is 0 Å². The lowest BCUT2D eigenvalue weighted by molar-refractivity contribution is 0.171. The highest BCUT2D eigenvalue weighted by atomic mass is 16.3. The topological polar surface area (TPSA) is 56.0 Å². The highest BCUT2D eigenvalue weighted by molar-refractivity contribution is 5.33. The summed E-state index contributed by atoms with van der Waals surface area (Å²) in [7, 11) is 0. The molecule has 0 heterocycles. The Balaban J connectivity index is 2.65. The van der Waals surface area contributed by atoms with Crippen molar-refractivity contribution in [1.82, 2.24) is 5.32 Å². The highest BCUT2D eigenvalue weighted by Gasteiger charge is 2.07. The van der Waals surface area contributed by atoms with Crippen LogP contribution in [0.2, 0.25) is 0 Å². The highest BCUT2D eigenvalue weighted by Crippen LogP contribution is 2.13. The van der Waals surface area contributed by atoms with Gasteiger partial charge in [-0.05, 0) is 17.7 Å². The molecule has 1 rings (SSSR count). The van der Waals surface area contributed by atoms with Crippen molar-refractivity contribution in [3.8, 4) is 6.07 Å². The summed E-state index contributed by atoms with van der Waals surface area (Å²) in [6.07, 6.45) is -0.555. The van der Waals surface area contributed by atoms with Crippen molar-refractivity contribution < 1.29 is 5.11 Å². The Morgan fingerprint density at radius 2 is 2.20 bits per heavy atom. The number of nitrogens with one attached hydrogen (secondary N) is 1. The molecule has 0 saturated heterocycles. The molecule has 0 aliphatic carbocycles. The third kappa shape index (κ3) is 3.70. The SMILES string of the molecule is CC(C)NCC(O)c1cccc(C#N)c1. The number of nitrogens with zero attached hydrogens (tertiary/aromatic N) is 1. The second kappa shape index (κ2) is 5.50. The van der Waals surface area contributed by atoms with Crippen molar-refractivity contribution >= 4 is 0 Å². The Bertz CT molecular complexity index is 355. The molecule has 0 aliphatic heterocycles. The lowest BCUT2D eigenvalue weighted by Crippen LogP contribution is -2.27. The van der Waals surface area contributed by atoms with Crippen LogP contribution in [0.5, 0.6) is 0 Å². The van der Waals surface area contributed by atoms with Crippen LogP contribution < -0.4 is 5.32 Å². The third-order valence-corrected chi connectivity index (χ3v) is 2.12. The smallest absolute Gasteiger partial charge is 0.0991 e. The number of benzene rings is 1. The molecule has 0 aliphatic rings. The van der Waals surface area contributed by atoms with Crippen molar-refractivity contribution in [1.29, 1.82) is 5.26 Å². The quantitative estimate of drug-likeness (QED) is 0.783. The molecule has 1 unspecified atom stereocenters. The van der Waals surface area contributed by atoms with Gasteiger partial charge in [0.15, 0.2) is 0 Å². The summed E-state index contributed by atoms with van der Waals surface area (Å²) in [6, 6.07) is 9.46. The Hall–Kier alpha value is -1.37. The maximum absolute atomic E-state index is 9.82. The summed E-state index contributed by atoms with van der Waals surface area (Å²) >= 11 is 0. The molecule has 1 aromatic carbocycles. The van der Waals surface area contributed by atoms with Gasteiger partial charge in [-0.1, -0.05) is 26.0 Å². The van der Waals surface area contributed by atoms with Gasteiger partial charge in [0.1, 0.15) is 0 Å². The van der Waals surface area contributed by atoms with E-state index in [2.05, 4.69) is 11.4 Å². The van der Waals surface area contributed by atoms with Crippen LogP contribution in [0.15, 0.2) is 24.3 Å². The van der Waals surface area contributed by atoms with E-state index in [4.69, 9.17) is 5.26 Å². The van der Waals surface area contributed by atoms with Crippen LogP contribution in [0, 0.1) is 11.3 Å². The molecule has 1 aromatic rings. The van der Waals surface area contributed by atoms with E-state index in [0.29, 0.717) is 18.2 Å². The fourth-order valence-electron chi connectivity index (χ4n) is 1.28. The maximum atomic E-state index is 9.82. The number of nitriles is 1. The summed E-state index contributed by atoms with van der Waals surface area (Å²) < 4.78 is 0. The van der Waals surface area contributed by atoms with E-state index in [1.54, 1.807) is 18.2 Å². The van der Waals surface area contributed by atoms with Gasteiger partial charge in [-0.15, -0.1) is 0 Å². The van der Waals surface area contributed by atoms with Crippen molar-refractivity contribution in [3.63, 3.8) is 0 Å². The molecule has 0 saturated carbocycles. The number of aliphatic hydroxyl groups excluding tert-OH is 1. The number of aliphatic hydroxyl groups is 1. The molecule has 0 bridgehead atoms. The zero-order chi connectivity index (χ0) is 11.3. The monoisotopic (exact) mass is 204 g/mol. The van der Waals surface area contributed by atoms with Crippen molar-refractivity contribution in [3.05, 3.63) is 35.4 Å². The fraction of sp³-hybridized carbons (Fsp3) is 0.417. The molecular weight excluding hydrogens is 188 g/mol. The zero-order valence-corrected chi connectivity index (χ0v) is 9.07. The number of rotatable bonds is 4. The molecule has 80 valence electrons.